The fourth-order valence-corrected chi connectivity index (χ4v) is 6.04. The van der Waals surface area contributed by atoms with Gasteiger partial charge in [-0.2, -0.15) is 0 Å². The number of thioether (sulfide) groups is 1. The number of nitrogens with zero attached hydrogens (tertiary/aromatic N) is 2. The molecule has 27 heavy (non-hydrogen) atoms. The second-order valence-corrected chi connectivity index (χ2v) is 9.00. The van der Waals surface area contributed by atoms with Gasteiger partial charge in [-0.05, 0) is 52.8 Å². The van der Waals surface area contributed by atoms with Crippen LogP contribution in [0, 0.1) is 0 Å². The van der Waals surface area contributed by atoms with Crippen LogP contribution in [0.4, 0.5) is 5.69 Å². The number of thiocarbonyl (C=S) groups is 1. The summed E-state index contributed by atoms with van der Waals surface area (Å²) in [6.07, 6.45) is 0. The summed E-state index contributed by atoms with van der Waals surface area (Å²) in [7, 11) is 0. The van der Waals surface area contributed by atoms with Gasteiger partial charge in [0.05, 0.1) is 5.69 Å². The molecule has 2 heterocycles. The molecule has 0 aromatic heterocycles. The number of hydrogen-bond acceptors (Lipinski definition) is 3. The molecule has 3 aromatic carbocycles. The lowest BCUT2D eigenvalue weighted by atomic mass is 10.0. The molecule has 6 heteroatoms. The number of rotatable bonds is 2. The maximum absolute atomic E-state index is 13.1. The van der Waals surface area contributed by atoms with Crippen LogP contribution in [0.15, 0.2) is 71.2 Å². The minimum atomic E-state index is -0.199. The Morgan fingerprint density at radius 1 is 1.00 bits per heavy atom. The van der Waals surface area contributed by atoms with Gasteiger partial charge in [-0.1, -0.05) is 58.4 Å². The van der Waals surface area contributed by atoms with Gasteiger partial charge in [0, 0.05) is 10.2 Å². The zero-order valence-corrected chi connectivity index (χ0v) is 17.4. The highest BCUT2D eigenvalue weighted by atomic mass is 79.9. The zero-order chi connectivity index (χ0) is 18.5. The number of anilines is 1. The van der Waals surface area contributed by atoms with Crippen molar-refractivity contribution in [2.45, 2.75) is 11.4 Å². The molecule has 5 rings (SSSR count). The quantitative estimate of drug-likeness (QED) is 0.486. The third kappa shape index (κ3) is 2.70. The molecule has 0 bridgehead atoms. The summed E-state index contributed by atoms with van der Waals surface area (Å²) in [5, 5.41) is 3.07. The average Bonchev–Trinajstić information content (AvgIpc) is 3.23. The normalized spacial score (nSPS) is 22.0. The first-order valence-corrected chi connectivity index (χ1v) is 10.9. The smallest absolute Gasteiger partial charge is 0.257 e. The Bertz CT molecular complexity index is 1060. The lowest BCUT2D eigenvalue weighted by molar-refractivity contribution is -0.119. The van der Waals surface area contributed by atoms with Crippen LogP contribution >= 0.6 is 39.9 Å². The molecule has 0 radical (unpaired) electrons. The Kier molecular flexibility index (Phi) is 4.22. The molecule has 1 amide bonds. The number of benzene rings is 3. The molecule has 2 aliphatic rings. The lowest BCUT2D eigenvalue weighted by Gasteiger charge is -2.26. The Morgan fingerprint density at radius 3 is 2.56 bits per heavy atom. The first-order valence-electron chi connectivity index (χ1n) is 8.66. The number of fused-ring (bicyclic) bond motifs is 2. The van der Waals surface area contributed by atoms with Gasteiger partial charge >= 0.3 is 0 Å². The van der Waals surface area contributed by atoms with Gasteiger partial charge in [-0.25, -0.2) is 0 Å². The van der Waals surface area contributed by atoms with Crippen LogP contribution in [0.3, 0.4) is 0 Å². The van der Waals surface area contributed by atoms with E-state index in [0.29, 0.717) is 5.11 Å². The van der Waals surface area contributed by atoms with Crippen LogP contribution < -0.4 is 4.90 Å². The fourth-order valence-electron chi connectivity index (χ4n) is 3.82. The number of hydrogen-bond donors (Lipinski definition) is 0. The summed E-state index contributed by atoms with van der Waals surface area (Å²) >= 11 is 11.0. The van der Waals surface area contributed by atoms with E-state index in [0.717, 1.165) is 15.9 Å². The van der Waals surface area contributed by atoms with E-state index in [2.05, 4.69) is 63.3 Å². The predicted molar refractivity (Wildman–Crippen MR) is 119 cm³/mol. The van der Waals surface area contributed by atoms with E-state index in [-0.39, 0.29) is 17.3 Å². The Labute approximate surface area is 175 Å². The Morgan fingerprint density at radius 2 is 1.74 bits per heavy atom. The maximum Gasteiger partial charge on any atom is 0.257 e. The second kappa shape index (κ2) is 6.62. The summed E-state index contributed by atoms with van der Waals surface area (Å²) in [4.78, 5) is 16.9. The van der Waals surface area contributed by atoms with Crippen molar-refractivity contribution in [3.8, 4) is 0 Å². The standard InChI is InChI=1S/C21H15BrN2OS2/c22-14-8-10-15(11-9-14)23-19(25)18-12-27-20(24(18)21(23)26)17-7-3-5-13-4-1-2-6-16(13)17/h1-11,18,20H,12H2/t18-,20+/m1/s1. The molecular weight excluding hydrogens is 440 g/mol. The van der Waals surface area contributed by atoms with Gasteiger partial charge in [-0.15, -0.1) is 11.8 Å². The Balaban J connectivity index is 1.56. The van der Waals surface area contributed by atoms with Gasteiger partial charge in [0.1, 0.15) is 11.4 Å². The maximum atomic E-state index is 13.1. The van der Waals surface area contributed by atoms with E-state index in [1.165, 1.54) is 16.3 Å². The summed E-state index contributed by atoms with van der Waals surface area (Å²) in [5.41, 5.74) is 2.04. The van der Waals surface area contributed by atoms with Crippen LogP contribution in [0.25, 0.3) is 10.8 Å². The van der Waals surface area contributed by atoms with Crippen molar-refractivity contribution >= 4 is 67.4 Å². The van der Waals surface area contributed by atoms with E-state index in [1.54, 1.807) is 16.7 Å². The van der Waals surface area contributed by atoms with Crippen molar-refractivity contribution in [2.75, 3.05) is 10.7 Å². The highest BCUT2D eigenvalue weighted by Crippen LogP contribution is 2.47. The van der Waals surface area contributed by atoms with E-state index >= 15 is 0 Å². The molecule has 2 fully saturated rings. The molecule has 3 aromatic rings. The zero-order valence-electron chi connectivity index (χ0n) is 14.2. The van der Waals surface area contributed by atoms with Crippen LogP contribution in [0.5, 0.6) is 0 Å². The number of amides is 1. The molecule has 0 saturated carbocycles. The van der Waals surface area contributed by atoms with Crippen molar-refractivity contribution in [3.63, 3.8) is 0 Å². The molecule has 134 valence electrons. The fraction of sp³-hybridized carbons (Fsp3) is 0.143. The van der Waals surface area contributed by atoms with Crippen molar-refractivity contribution in [1.29, 1.82) is 0 Å². The minimum Gasteiger partial charge on any atom is -0.319 e. The van der Waals surface area contributed by atoms with Crippen molar-refractivity contribution in [1.82, 2.24) is 4.90 Å². The molecule has 0 spiro atoms. The Hall–Kier alpha value is -1.89. The van der Waals surface area contributed by atoms with Gasteiger partial charge in [0.2, 0.25) is 0 Å². The highest BCUT2D eigenvalue weighted by Gasteiger charge is 2.51. The lowest BCUT2D eigenvalue weighted by Crippen LogP contribution is -2.33. The molecule has 2 saturated heterocycles. The molecule has 0 aliphatic carbocycles. The predicted octanol–water partition coefficient (Wildman–Crippen LogP) is 5.35. The topological polar surface area (TPSA) is 23.6 Å². The summed E-state index contributed by atoms with van der Waals surface area (Å²) < 4.78 is 0.980. The number of halogens is 1. The number of carbonyl (C=O) groups is 1. The molecular formula is C21H15BrN2OS2. The van der Waals surface area contributed by atoms with E-state index in [9.17, 15) is 4.79 Å². The first-order chi connectivity index (χ1) is 13.1. The third-order valence-corrected chi connectivity index (χ3v) is 7.32. The molecule has 0 N–H and O–H groups in total. The SMILES string of the molecule is O=C1[C@H]2CS[C@@H](c3cccc4ccccc34)N2C(=S)N1c1ccc(Br)cc1. The van der Waals surface area contributed by atoms with Crippen molar-refractivity contribution < 1.29 is 4.79 Å². The molecule has 0 unspecified atom stereocenters. The first kappa shape index (κ1) is 17.2. The van der Waals surface area contributed by atoms with E-state index in [4.69, 9.17) is 12.2 Å². The summed E-state index contributed by atoms with van der Waals surface area (Å²) in [6.45, 7) is 0. The highest BCUT2D eigenvalue weighted by molar-refractivity contribution is 9.10. The van der Waals surface area contributed by atoms with E-state index in [1.807, 2.05) is 24.3 Å². The summed E-state index contributed by atoms with van der Waals surface area (Å²) in [5.74, 6) is 0.817. The third-order valence-electron chi connectivity index (χ3n) is 5.09. The minimum absolute atomic E-state index is 0.0537. The van der Waals surface area contributed by atoms with Gasteiger partial charge in [0.15, 0.2) is 5.11 Å². The molecule has 2 aliphatic heterocycles. The van der Waals surface area contributed by atoms with E-state index < -0.39 is 0 Å². The monoisotopic (exact) mass is 454 g/mol. The number of carbonyl (C=O) groups excluding carboxylic acids is 1. The summed E-state index contributed by atoms with van der Waals surface area (Å²) in [6, 6.07) is 22.3. The molecule has 2 atom stereocenters. The largest absolute Gasteiger partial charge is 0.319 e. The van der Waals surface area contributed by atoms with Crippen LogP contribution in [-0.2, 0) is 4.79 Å². The van der Waals surface area contributed by atoms with Gasteiger partial charge in [-0.3, -0.25) is 9.69 Å². The van der Waals surface area contributed by atoms with Crippen molar-refractivity contribution in [2.24, 2.45) is 0 Å². The molecule has 3 nitrogen and oxygen atoms in total. The van der Waals surface area contributed by atoms with Crippen LogP contribution in [-0.4, -0.2) is 27.7 Å². The van der Waals surface area contributed by atoms with Crippen molar-refractivity contribution in [3.05, 3.63) is 76.8 Å². The van der Waals surface area contributed by atoms with Crippen LogP contribution in [0.1, 0.15) is 10.9 Å². The van der Waals surface area contributed by atoms with Gasteiger partial charge < -0.3 is 4.90 Å². The van der Waals surface area contributed by atoms with Gasteiger partial charge in [0.25, 0.3) is 5.91 Å². The average molecular weight is 455 g/mol. The second-order valence-electron chi connectivity index (χ2n) is 6.61. The van der Waals surface area contributed by atoms with Crippen LogP contribution in [0.2, 0.25) is 0 Å².